The Morgan fingerprint density at radius 3 is 2.76 bits per heavy atom. The Balaban J connectivity index is 1.88. The van der Waals surface area contributed by atoms with Crippen LogP contribution in [0.2, 0.25) is 0 Å². The van der Waals surface area contributed by atoms with Gasteiger partial charge in [0.05, 0.1) is 19.7 Å². The van der Waals surface area contributed by atoms with Crippen molar-refractivity contribution in [2.75, 3.05) is 7.11 Å². The van der Waals surface area contributed by atoms with Gasteiger partial charge >= 0.3 is 0 Å². The number of ether oxygens (including phenoxy) is 1. The minimum atomic E-state index is -0.156. The summed E-state index contributed by atoms with van der Waals surface area (Å²) in [4.78, 5) is 11.7. The minimum Gasteiger partial charge on any atom is -0.497 e. The van der Waals surface area contributed by atoms with Gasteiger partial charge in [0.2, 0.25) is 5.91 Å². The first kappa shape index (κ1) is 15.3. The summed E-state index contributed by atoms with van der Waals surface area (Å²) in [6.45, 7) is 0. The molecule has 0 saturated heterocycles. The van der Waals surface area contributed by atoms with Crippen molar-refractivity contribution in [3.63, 3.8) is 0 Å². The first-order valence-corrected chi connectivity index (χ1v) is 7.17. The second-order valence-electron chi connectivity index (χ2n) is 4.37. The summed E-state index contributed by atoms with van der Waals surface area (Å²) in [6.07, 6.45) is 1.88. The lowest BCUT2D eigenvalue weighted by molar-refractivity contribution is -0.120. The number of amides is 1. The Hall–Kier alpha value is -2.14. The lowest BCUT2D eigenvalue weighted by atomic mass is 10.1. The van der Waals surface area contributed by atoms with Crippen LogP contribution in [-0.4, -0.2) is 19.2 Å². The Kier molecular flexibility index (Phi) is 5.51. The molecule has 2 rings (SSSR count). The summed E-state index contributed by atoms with van der Waals surface area (Å²) in [7, 11) is 1.61. The van der Waals surface area contributed by atoms with Crippen molar-refractivity contribution in [3.05, 3.63) is 64.1 Å². The fraction of sp³-hybridized carbons (Fsp3) is 0.125. The van der Waals surface area contributed by atoms with Gasteiger partial charge in [0.25, 0.3) is 0 Å². The molecule has 1 amide bonds. The second-order valence-corrected chi connectivity index (χ2v) is 5.29. The fourth-order valence-electron chi connectivity index (χ4n) is 1.73. The van der Waals surface area contributed by atoms with Crippen LogP contribution in [0.3, 0.4) is 0 Å². The normalized spacial score (nSPS) is 10.6. The zero-order valence-electron chi connectivity index (χ0n) is 11.5. The van der Waals surface area contributed by atoms with Gasteiger partial charge in [-0.15, -0.1) is 0 Å². The number of methoxy groups -OCH3 is 1. The lowest BCUT2D eigenvalue weighted by Gasteiger charge is -2.01. The molecule has 2 aromatic rings. The van der Waals surface area contributed by atoms with E-state index in [4.69, 9.17) is 4.74 Å². The Labute approximate surface area is 132 Å². The average molecular weight is 347 g/mol. The molecule has 0 atom stereocenters. The predicted molar refractivity (Wildman–Crippen MR) is 86.6 cm³/mol. The molecule has 0 radical (unpaired) electrons. The maximum atomic E-state index is 11.7. The van der Waals surface area contributed by atoms with E-state index in [0.717, 1.165) is 21.3 Å². The third kappa shape index (κ3) is 5.04. The number of hydrogen-bond acceptors (Lipinski definition) is 3. The molecular formula is C16H15BrN2O2. The number of nitrogens with zero attached hydrogens (tertiary/aromatic N) is 1. The molecule has 21 heavy (non-hydrogen) atoms. The van der Waals surface area contributed by atoms with Crippen molar-refractivity contribution >= 4 is 28.1 Å². The van der Waals surface area contributed by atoms with Gasteiger partial charge in [0.15, 0.2) is 0 Å². The van der Waals surface area contributed by atoms with E-state index in [0.29, 0.717) is 6.42 Å². The van der Waals surface area contributed by atoms with Crippen LogP contribution in [0.5, 0.6) is 5.75 Å². The number of carbonyl (C=O) groups excluding carboxylic acids is 1. The SMILES string of the molecule is COc1cccc(/C=N\NC(=O)Cc2ccc(Br)cc2)c1. The van der Waals surface area contributed by atoms with Gasteiger partial charge in [-0.1, -0.05) is 40.2 Å². The molecule has 0 aliphatic carbocycles. The van der Waals surface area contributed by atoms with Crippen molar-refractivity contribution in [3.8, 4) is 5.75 Å². The van der Waals surface area contributed by atoms with Crippen LogP contribution in [0.1, 0.15) is 11.1 Å². The Bertz CT molecular complexity index is 639. The predicted octanol–water partition coefficient (Wildman–Crippen LogP) is 3.15. The highest BCUT2D eigenvalue weighted by Crippen LogP contribution is 2.11. The van der Waals surface area contributed by atoms with Crippen molar-refractivity contribution in [1.29, 1.82) is 0 Å². The summed E-state index contributed by atoms with van der Waals surface area (Å²) < 4.78 is 6.11. The van der Waals surface area contributed by atoms with Crippen LogP contribution < -0.4 is 10.2 Å². The van der Waals surface area contributed by atoms with Crippen LogP contribution >= 0.6 is 15.9 Å². The molecule has 0 unspecified atom stereocenters. The van der Waals surface area contributed by atoms with Gasteiger partial charge in [-0.2, -0.15) is 5.10 Å². The molecule has 5 heteroatoms. The van der Waals surface area contributed by atoms with Crippen LogP contribution in [-0.2, 0) is 11.2 Å². The maximum Gasteiger partial charge on any atom is 0.244 e. The third-order valence-corrected chi connectivity index (χ3v) is 3.30. The van der Waals surface area contributed by atoms with Gasteiger partial charge in [0, 0.05) is 4.47 Å². The number of benzene rings is 2. The van der Waals surface area contributed by atoms with Gasteiger partial charge < -0.3 is 4.74 Å². The molecule has 0 fully saturated rings. The molecule has 0 aromatic heterocycles. The maximum absolute atomic E-state index is 11.7. The number of carbonyl (C=O) groups is 1. The molecule has 0 aliphatic rings. The highest BCUT2D eigenvalue weighted by Gasteiger charge is 2.01. The Morgan fingerprint density at radius 1 is 1.29 bits per heavy atom. The fourth-order valence-corrected chi connectivity index (χ4v) is 1.99. The van der Waals surface area contributed by atoms with Gasteiger partial charge in [-0.3, -0.25) is 4.79 Å². The molecule has 0 heterocycles. The molecule has 1 N–H and O–H groups in total. The third-order valence-electron chi connectivity index (χ3n) is 2.77. The van der Waals surface area contributed by atoms with Crippen molar-refractivity contribution in [2.24, 2.45) is 5.10 Å². The average Bonchev–Trinajstić information content (AvgIpc) is 2.50. The number of hydrogen-bond donors (Lipinski definition) is 1. The van der Waals surface area contributed by atoms with Crippen molar-refractivity contribution < 1.29 is 9.53 Å². The molecule has 4 nitrogen and oxygen atoms in total. The molecular weight excluding hydrogens is 332 g/mol. The summed E-state index contributed by atoms with van der Waals surface area (Å²) in [5.74, 6) is 0.594. The van der Waals surface area contributed by atoms with Crippen LogP contribution in [0.25, 0.3) is 0 Å². The van der Waals surface area contributed by atoms with E-state index in [2.05, 4.69) is 26.5 Å². The van der Waals surface area contributed by atoms with E-state index >= 15 is 0 Å². The first-order valence-electron chi connectivity index (χ1n) is 6.38. The first-order chi connectivity index (χ1) is 10.2. The van der Waals surface area contributed by atoms with E-state index in [9.17, 15) is 4.79 Å². The lowest BCUT2D eigenvalue weighted by Crippen LogP contribution is -2.19. The largest absolute Gasteiger partial charge is 0.497 e. The van der Waals surface area contributed by atoms with Gasteiger partial charge in [0.1, 0.15) is 5.75 Å². The molecule has 2 aromatic carbocycles. The molecule has 0 saturated carbocycles. The standard InChI is InChI=1S/C16H15BrN2O2/c1-21-15-4-2-3-13(9-15)11-18-19-16(20)10-12-5-7-14(17)8-6-12/h2-9,11H,10H2,1H3,(H,19,20)/b18-11-. The summed E-state index contributed by atoms with van der Waals surface area (Å²) in [6, 6.07) is 15.0. The topological polar surface area (TPSA) is 50.7 Å². The van der Waals surface area contributed by atoms with Crippen molar-refractivity contribution in [2.45, 2.75) is 6.42 Å². The summed E-state index contributed by atoms with van der Waals surface area (Å²) in [5.41, 5.74) is 4.31. The van der Waals surface area contributed by atoms with Crippen molar-refractivity contribution in [1.82, 2.24) is 5.43 Å². The van der Waals surface area contributed by atoms with Crippen LogP contribution in [0, 0.1) is 0 Å². The summed E-state index contributed by atoms with van der Waals surface area (Å²) in [5, 5.41) is 3.94. The molecule has 0 aliphatic heterocycles. The van der Waals surface area contributed by atoms with E-state index in [-0.39, 0.29) is 5.91 Å². The van der Waals surface area contributed by atoms with Gasteiger partial charge in [-0.25, -0.2) is 5.43 Å². The number of nitrogens with one attached hydrogen (secondary N) is 1. The zero-order valence-corrected chi connectivity index (χ0v) is 13.1. The van der Waals surface area contributed by atoms with Gasteiger partial charge in [-0.05, 0) is 35.4 Å². The molecule has 0 bridgehead atoms. The summed E-state index contributed by atoms with van der Waals surface area (Å²) >= 11 is 3.36. The highest BCUT2D eigenvalue weighted by atomic mass is 79.9. The van der Waals surface area contributed by atoms with Crippen LogP contribution in [0.4, 0.5) is 0 Å². The quantitative estimate of drug-likeness (QED) is 0.667. The highest BCUT2D eigenvalue weighted by molar-refractivity contribution is 9.10. The zero-order chi connectivity index (χ0) is 15.1. The molecule has 0 spiro atoms. The smallest absolute Gasteiger partial charge is 0.244 e. The van der Waals surface area contributed by atoms with E-state index < -0.39 is 0 Å². The number of hydrazone groups is 1. The minimum absolute atomic E-state index is 0.156. The van der Waals surface area contributed by atoms with E-state index in [1.54, 1.807) is 13.3 Å². The van der Waals surface area contributed by atoms with E-state index in [1.807, 2.05) is 48.5 Å². The second kappa shape index (κ2) is 7.59. The monoisotopic (exact) mass is 346 g/mol. The Morgan fingerprint density at radius 2 is 2.05 bits per heavy atom. The van der Waals surface area contributed by atoms with E-state index in [1.165, 1.54) is 0 Å². The number of halogens is 1. The molecule has 108 valence electrons. The van der Waals surface area contributed by atoms with Crippen LogP contribution in [0.15, 0.2) is 58.1 Å². The number of rotatable bonds is 5.